The van der Waals surface area contributed by atoms with Crippen LogP contribution in [0.1, 0.15) is 26.7 Å². The van der Waals surface area contributed by atoms with Crippen LogP contribution >= 0.6 is 0 Å². The Bertz CT molecular complexity index is 1050. The predicted molar refractivity (Wildman–Crippen MR) is 111 cm³/mol. The van der Waals surface area contributed by atoms with Crippen molar-refractivity contribution >= 4 is 20.9 Å². The van der Waals surface area contributed by atoms with Crippen LogP contribution in [0.5, 0.6) is 0 Å². The molecule has 1 saturated heterocycles. The van der Waals surface area contributed by atoms with Crippen LogP contribution in [0.2, 0.25) is 0 Å². The Morgan fingerprint density at radius 3 is 2.48 bits per heavy atom. The fourth-order valence-corrected chi connectivity index (χ4v) is 5.00. The van der Waals surface area contributed by atoms with Gasteiger partial charge >= 0.3 is 5.69 Å². The maximum Gasteiger partial charge on any atom is 0.326 e. The number of aromatic nitrogens is 2. The first-order valence-corrected chi connectivity index (χ1v) is 11.4. The molecule has 160 valence electrons. The maximum atomic E-state index is 12.9. The molecule has 3 rings (SSSR count). The summed E-state index contributed by atoms with van der Waals surface area (Å²) < 4.78 is 34.0. The van der Waals surface area contributed by atoms with E-state index in [-0.39, 0.29) is 22.9 Å². The molecule has 1 fully saturated rings. The van der Waals surface area contributed by atoms with Crippen molar-refractivity contribution in [3.05, 3.63) is 39.0 Å². The molecule has 3 N–H and O–H groups in total. The van der Waals surface area contributed by atoms with Gasteiger partial charge in [0.25, 0.3) is 5.56 Å². The Hall–Kier alpha value is -2.01. The van der Waals surface area contributed by atoms with Crippen LogP contribution in [0.15, 0.2) is 32.7 Å². The lowest BCUT2D eigenvalue weighted by molar-refractivity contribution is 0.00297. The Balaban J connectivity index is 1.84. The average molecular weight is 425 g/mol. The number of nitrogens with zero attached hydrogens (tertiary/aromatic N) is 1. The lowest BCUT2D eigenvalue weighted by atomic mass is 9.92. The second-order valence-electron chi connectivity index (χ2n) is 7.26. The first kappa shape index (κ1) is 21.7. The third kappa shape index (κ3) is 4.95. The van der Waals surface area contributed by atoms with E-state index in [0.29, 0.717) is 24.6 Å². The van der Waals surface area contributed by atoms with Gasteiger partial charge in [-0.15, -0.1) is 0 Å². The minimum atomic E-state index is -3.82. The Morgan fingerprint density at radius 1 is 1.14 bits per heavy atom. The van der Waals surface area contributed by atoms with Crippen molar-refractivity contribution in [3.63, 3.8) is 0 Å². The van der Waals surface area contributed by atoms with Gasteiger partial charge in [-0.3, -0.25) is 14.7 Å². The summed E-state index contributed by atoms with van der Waals surface area (Å²) in [6, 6.07) is 4.18. The lowest BCUT2D eigenvalue weighted by Crippen LogP contribution is -2.52. The van der Waals surface area contributed by atoms with Crippen molar-refractivity contribution < 1.29 is 13.2 Å². The first-order chi connectivity index (χ1) is 13.9. The number of nitrogens with one attached hydrogen (secondary N) is 3. The molecule has 1 aliphatic heterocycles. The van der Waals surface area contributed by atoms with Gasteiger partial charge in [0.1, 0.15) is 0 Å². The van der Waals surface area contributed by atoms with Crippen molar-refractivity contribution in [3.8, 4) is 0 Å². The molecule has 1 aromatic heterocycles. The highest BCUT2D eigenvalue weighted by atomic mass is 32.2. The van der Waals surface area contributed by atoms with E-state index in [1.54, 1.807) is 0 Å². The summed E-state index contributed by atoms with van der Waals surface area (Å²) >= 11 is 0. The van der Waals surface area contributed by atoms with E-state index in [2.05, 4.69) is 33.4 Å². The van der Waals surface area contributed by atoms with E-state index in [0.717, 1.165) is 25.9 Å². The molecule has 1 atom stereocenters. The first-order valence-electron chi connectivity index (χ1n) is 9.93. The zero-order chi connectivity index (χ0) is 21.0. The highest BCUT2D eigenvalue weighted by Crippen LogP contribution is 2.21. The summed E-state index contributed by atoms with van der Waals surface area (Å²) in [5.74, 6) is 0.361. The second-order valence-corrected chi connectivity index (χ2v) is 9.03. The van der Waals surface area contributed by atoms with E-state index in [4.69, 9.17) is 4.74 Å². The zero-order valence-electron chi connectivity index (χ0n) is 16.7. The van der Waals surface area contributed by atoms with Crippen LogP contribution in [0.4, 0.5) is 0 Å². The standard InChI is InChI=1S/C19H28N4O5S/c1-3-13(4-2)17(23-7-9-28-10-8-23)12-20-29(26,27)14-5-6-16-15(11-14)18(24)22-19(25)21-16/h5-6,11,13,17,20H,3-4,7-10,12H2,1-2H3,(H2,21,22,24,25). The van der Waals surface area contributed by atoms with Gasteiger partial charge < -0.3 is 9.72 Å². The maximum absolute atomic E-state index is 12.9. The molecule has 0 saturated carbocycles. The van der Waals surface area contributed by atoms with Gasteiger partial charge in [0.05, 0.1) is 29.0 Å². The van der Waals surface area contributed by atoms with Gasteiger partial charge in [-0.05, 0) is 24.1 Å². The zero-order valence-corrected chi connectivity index (χ0v) is 17.5. The van der Waals surface area contributed by atoms with Crippen molar-refractivity contribution in [1.82, 2.24) is 19.6 Å². The summed E-state index contributed by atoms with van der Waals surface area (Å²) in [4.78, 5) is 30.3. The number of rotatable bonds is 8. The van der Waals surface area contributed by atoms with E-state index < -0.39 is 21.3 Å². The number of morpholine rings is 1. The molecule has 0 aliphatic carbocycles. The number of hydrogen-bond acceptors (Lipinski definition) is 6. The minimum absolute atomic E-state index is 0.00664. The molecule has 0 radical (unpaired) electrons. The summed E-state index contributed by atoms with van der Waals surface area (Å²) in [6.07, 6.45) is 1.91. The number of fused-ring (bicyclic) bond motifs is 1. The van der Waals surface area contributed by atoms with Gasteiger partial charge in [0.15, 0.2) is 0 Å². The summed E-state index contributed by atoms with van der Waals surface area (Å²) in [6.45, 7) is 7.38. The summed E-state index contributed by atoms with van der Waals surface area (Å²) in [5.41, 5.74) is -0.959. The SMILES string of the molecule is CCC(CC)C(CNS(=O)(=O)c1ccc2[nH]c(=O)[nH]c(=O)c2c1)N1CCOCC1. The normalized spacial score (nSPS) is 17.1. The monoisotopic (exact) mass is 424 g/mol. The number of hydrogen-bond donors (Lipinski definition) is 3. The summed E-state index contributed by atoms with van der Waals surface area (Å²) in [5, 5.41) is 0.122. The van der Waals surface area contributed by atoms with E-state index in [1.165, 1.54) is 18.2 Å². The molecule has 10 heteroatoms. The van der Waals surface area contributed by atoms with Crippen molar-refractivity contribution in [2.24, 2.45) is 5.92 Å². The van der Waals surface area contributed by atoms with Crippen LogP contribution in [-0.2, 0) is 14.8 Å². The minimum Gasteiger partial charge on any atom is -0.379 e. The molecule has 1 unspecified atom stereocenters. The molecular formula is C19H28N4O5S. The van der Waals surface area contributed by atoms with Crippen LogP contribution in [-0.4, -0.2) is 62.2 Å². The van der Waals surface area contributed by atoms with Crippen molar-refractivity contribution in [2.45, 2.75) is 37.6 Å². The Morgan fingerprint density at radius 2 is 1.83 bits per heavy atom. The fourth-order valence-electron chi connectivity index (χ4n) is 3.93. The molecule has 0 amide bonds. The van der Waals surface area contributed by atoms with E-state index in [9.17, 15) is 18.0 Å². The number of H-pyrrole nitrogens is 2. The molecule has 1 aromatic carbocycles. The van der Waals surface area contributed by atoms with E-state index >= 15 is 0 Å². The number of ether oxygens (including phenoxy) is 1. The van der Waals surface area contributed by atoms with Crippen molar-refractivity contribution in [1.29, 1.82) is 0 Å². The Kier molecular flexibility index (Phi) is 6.89. The third-order valence-corrected chi connectivity index (χ3v) is 7.03. The molecule has 1 aliphatic rings. The highest BCUT2D eigenvalue weighted by Gasteiger charge is 2.28. The molecule has 2 heterocycles. The van der Waals surface area contributed by atoms with Gasteiger partial charge in [-0.2, -0.15) is 0 Å². The van der Waals surface area contributed by atoms with Gasteiger partial charge in [-0.25, -0.2) is 17.9 Å². The van der Waals surface area contributed by atoms with Gasteiger partial charge in [0, 0.05) is 25.7 Å². The van der Waals surface area contributed by atoms with Gasteiger partial charge in [0.2, 0.25) is 10.0 Å². The number of benzene rings is 1. The smallest absolute Gasteiger partial charge is 0.326 e. The van der Waals surface area contributed by atoms with E-state index in [1.807, 2.05) is 0 Å². The highest BCUT2D eigenvalue weighted by molar-refractivity contribution is 7.89. The second kappa shape index (κ2) is 9.21. The predicted octanol–water partition coefficient (Wildman–Crippen LogP) is 0.632. The number of sulfonamides is 1. The van der Waals surface area contributed by atoms with Gasteiger partial charge in [-0.1, -0.05) is 26.7 Å². The third-order valence-electron chi connectivity index (χ3n) is 5.61. The molecule has 2 aromatic rings. The quantitative estimate of drug-likeness (QED) is 0.571. The molecule has 0 spiro atoms. The largest absolute Gasteiger partial charge is 0.379 e. The van der Waals surface area contributed by atoms with Crippen LogP contribution in [0.25, 0.3) is 10.9 Å². The molecule has 0 bridgehead atoms. The summed E-state index contributed by atoms with van der Waals surface area (Å²) in [7, 11) is -3.82. The topological polar surface area (TPSA) is 124 Å². The number of aromatic amines is 2. The lowest BCUT2D eigenvalue weighted by Gasteiger charge is -2.38. The molecular weight excluding hydrogens is 396 g/mol. The van der Waals surface area contributed by atoms with Crippen LogP contribution in [0.3, 0.4) is 0 Å². The molecule has 29 heavy (non-hydrogen) atoms. The fraction of sp³-hybridized carbons (Fsp3) is 0.579. The average Bonchev–Trinajstić information content (AvgIpc) is 2.71. The van der Waals surface area contributed by atoms with Crippen LogP contribution < -0.4 is 16.0 Å². The Labute approximate surface area is 169 Å². The van der Waals surface area contributed by atoms with Crippen LogP contribution in [0, 0.1) is 5.92 Å². The molecule has 9 nitrogen and oxygen atoms in total. The van der Waals surface area contributed by atoms with Crippen molar-refractivity contribution in [2.75, 3.05) is 32.8 Å².